The Kier molecular flexibility index (Phi) is 5.83. The third-order valence-corrected chi connectivity index (χ3v) is 2.31. The van der Waals surface area contributed by atoms with Gasteiger partial charge in [0.25, 0.3) is 0 Å². The van der Waals surface area contributed by atoms with Gasteiger partial charge in [-0.2, -0.15) is 0 Å². The maximum atomic E-state index is 9.10. The van der Waals surface area contributed by atoms with Gasteiger partial charge >= 0.3 is 11.9 Å². The summed E-state index contributed by atoms with van der Waals surface area (Å²) < 4.78 is 5.37. The van der Waals surface area contributed by atoms with Crippen LogP contribution in [0.1, 0.15) is 11.6 Å². The van der Waals surface area contributed by atoms with Gasteiger partial charge in [-0.3, -0.25) is 0 Å². The van der Waals surface area contributed by atoms with Crippen LogP contribution in [0.2, 0.25) is 0 Å². The van der Waals surface area contributed by atoms with E-state index in [1.165, 1.54) is 5.56 Å². The zero-order valence-corrected chi connectivity index (χ0v) is 9.70. The van der Waals surface area contributed by atoms with E-state index in [0.29, 0.717) is 6.04 Å². The average Bonchev–Trinajstić information content (AvgIpc) is 2.41. The molecule has 6 nitrogen and oxygen atoms in total. The number of carboxylic acid groups (broad SMARTS) is 2. The second kappa shape index (κ2) is 7.41. The molecule has 0 aromatic heterocycles. The quantitative estimate of drug-likeness (QED) is 0.631. The average molecular weight is 253 g/mol. The molecule has 1 fully saturated rings. The van der Waals surface area contributed by atoms with E-state index in [1.54, 1.807) is 0 Å². The molecule has 18 heavy (non-hydrogen) atoms. The van der Waals surface area contributed by atoms with Gasteiger partial charge in [-0.05, 0) is 5.56 Å². The largest absolute Gasteiger partial charge is 0.473 e. The molecule has 0 amide bonds. The van der Waals surface area contributed by atoms with E-state index in [4.69, 9.17) is 24.5 Å². The van der Waals surface area contributed by atoms with Crippen LogP contribution in [0, 0.1) is 0 Å². The second-order valence-corrected chi connectivity index (χ2v) is 3.60. The summed E-state index contributed by atoms with van der Waals surface area (Å²) in [4.78, 5) is 18.2. The van der Waals surface area contributed by atoms with Gasteiger partial charge in [-0.1, -0.05) is 30.3 Å². The Morgan fingerprint density at radius 1 is 1.17 bits per heavy atom. The summed E-state index contributed by atoms with van der Waals surface area (Å²) in [6.45, 7) is 2.59. The molecule has 1 saturated heterocycles. The van der Waals surface area contributed by atoms with Crippen LogP contribution < -0.4 is 5.32 Å². The summed E-state index contributed by atoms with van der Waals surface area (Å²) in [6, 6.07) is 10.8. The lowest BCUT2D eigenvalue weighted by molar-refractivity contribution is -0.159. The minimum Gasteiger partial charge on any atom is -0.473 e. The smallest absolute Gasteiger partial charge is 0.414 e. The monoisotopic (exact) mass is 253 g/mol. The van der Waals surface area contributed by atoms with Crippen LogP contribution in [-0.2, 0) is 14.3 Å². The van der Waals surface area contributed by atoms with Crippen molar-refractivity contribution in [2.75, 3.05) is 19.8 Å². The molecular weight excluding hydrogens is 238 g/mol. The van der Waals surface area contributed by atoms with Crippen LogP contribution in [0.3, 0.4) is 0 Å². The van der Waals surface area contributed by atoms with Crippen molar-refractivity contribution in [3.8, 4) is 0 Å². The van der Waals surface area contributed by atoms with Crippen LogP contribution in [-0.4, -0.2) is 41.9 Å². The second-order valence-electron chi connectivity index (χ2n) is 3.60. The van der Waals surface area contributed by atoms with Crippen molar-refractivity contribution in [1.82, 2.24) is 5.32 Å². The molecular formula is C12H15NO5. The Hall–Kier alpha value is -1.92. The third-order valence-electron chi connectivity index (χ3n) is 2.31. The molecule has 1 aromatic carbocycles. The number of nitrogens with one attached hydrogen (secondary N) is 1. The number of hydrogen-bond acceptors (Lipinski definition) is 4. The van der Waals surface area contributed by atoms with Crippen LogP contribution in [0.25, 0.3) is 0 Å². The summed E-state index contributed by atoms with van der Waals surface area (Å²) in [7, 11) is 0. The van der Waals surface area contributed by atoms with E-state index in [0.717, 1.165) is 19.8 Å². The van der Waals surface area contributed by atoms with Gasteiger partial charge < -0.3 is 20.3 Å². The number of carbonyl (C=O) groups is 2. The first kappa shape index (κ1) is 14.1. The molecule has 1 atom stereocenters. The van der Waals surface area contributed by atoms with Crippen LogP contribution >= 0.6 is 0 Å². The number of benzene rings is 1. The van der Waals surface area contributed by atoms with E-state index in [-0.39, 0.29) is 0 Å². The molecule has 0 bridgehead atoms. The van der Waals surface area contributed by atoms with E-state index in [9.17, 15) is 0 Å². The zero-order chi connectivity index (χ0) is 13.4. The van der Waals surface area contributed by atoms with Crippen LogP contribution in [0.4, 0.5) is 0 Å². The Labute approximate surface area is 104 Å². The molecule has 0 spiro atoms. The molecule has 1 heterocycles. The molecule has 1 unspecified atom stereocenters. The predicted molar refractivity (Wildman–Crippen MR) is 63.3 cm³/mol. The molecule has 1 aliphatic rings. The SMILES string of the molecule is O=C(O)C(=O)O.c1ccc(C2COCCN2)cc1. The van der Waals surface area contributed by atoms with Gasteiger partial charge in [0.15, 0.2) is 0 Å². The van der Waals surface area contributed by atoms with Crippen LogP contribution in [0.5, 0.6) is 0 Å². The normalized spacial score (nSPS) is 18.3. The first-order chi connectivity index (χ1) is 8.61. The molecule has 3 N–H and O–H groups in total. The Morgan fingerprint density at radius 2 is 1.78 bits per heavy atom. The minimum absolute atomic E-state index is 0.389. The highest BCUT2D eigenvalue weighted by atomic mass is 16.5. The van der Waals surface area contributed by atoms with E-state index in [1.807, 2.05) is 6.07 Å². The van der Waals surface area contributed by atoms with E-state index < -0.39 is 11.9 Å². The number of hydrogen-bond donors (Lipinski definition) is 3. The third kappa shape index (κ3) is 4.94. The Balaban J connectivity index is 0.000000232. The summed E-state index contributed by atoms with van der Waals surface area (Å²) in [5.74, 6) is -3.65. The number of carboxylic acids is 2. The fraction of sp³-hybridized carbons (Fsp3) is 0.333. The maximum absolute atomic E-state index is 9.10. The van der Waals surface area contributed by atoms with Gasteiger partial charge in [-0.25, -0.2) is 9.59 Å². The standard InChI is InChI=1S/C10H13NO.C2H2O4/c1-2-4-9(5-3-1)10-8-12-7-6-11-10;3-1(4)2(5)6/h1-5,10-11H,6-8H2;(H,3,4)(H,5,6). The number of ether oxygens (including phenoxy) is 1. The lowest BCUT2D eigenvalue weighted by atomic mass is 10.1. The molecule has 0 saturated carbocycles. The minimum atomic E-state index is -1.82. The Bertz CT molecular complexity index is 375. The maximum Gasteiger partial charge on any atom is 0.414 e. The summed E-state index contributed by atoms with van der Waals surface area (Å²) >= 11 is 0. The van der Waals surface area contributed by atoms with E-state index >= 15 is 0 Å². The van der Waals surface area contributed by atoms with Crippen molar-refractivity contribution in [2.45, 2.75) is 6.04 Å². The van der Waals surface area contributed by atoms with Crippen molar-refractivity contribution >= 4 is 11.9 Å². The summed E-state index contributed by atoms with van der Waals surface area (Å²) in [5.41, 5.74) is 1.32. The number of morpholine rings is 1. The first-order valence-electron chi connectivity index (χ1n) is 5.43. The van der Waals surface area contributed by atoms with Crippen molar-refractivity contribution in [2.24, 2.45) is 0 Å². The highest BCUT2D eigenvalue weighted by molar-refractivity contribution is 6.27. The first-order valence-corrected chi connectivity index (χ1v) is 5.43. The molecule has 0 radical (unpaired) electrons. The number of rotatable bonds is 1. The molecule has 0 aliphatic carbocycles. The Morgan fingerprint density at radius 3 is 2.22 bits per heavy atom. The highest BCUT2D eigenvalue weighted by Crippen LogP contribution is 2.14. The summed E-state index contributed by atoms with van der Waals surface area (Å²) in [6.07, 6.45) is 0. The van der Waals surface area contributed by atoms with Gasteiger partial charge in [0.05, 0.1) is 19.3 Å². The van der Waals surface area contributed by atoms with Gasteiger partial charge in [0, 0.05) is 6.54 Å². The lowest BCUT2D eigenvalue weighted by Crippen LogP contribution is -2.34. The fourth-order valence-electron chi connectivity index (χ4n) is 1.46. The van der Waals surface area contributed by atoms with Gasteiger partial charge in [0.1, 0.15) is 0 Å². The van der Waals surface area contributed by atoms with E-state index in [2.05, 4.69) is 29.6 Å². The number of aliphatic carboxylic acids is 2. The molecule has 6 heteroatoms. The molecule has 1 aliphatic heterocycles. The summed E-state index contributed by atoms with van der Waals surface area (Å²) in [5, 5.41) is 18.2. The van der Waals surface area contributed by atoms with Crippen LogP contribution in [0.15, 0.2) is 30.3 Å². The lowest BCUT2D eigenvalue weighted by Gasteiger charge is -2.23. The molecule has 98 valence electrons. The van der Waals surface area contributed by atoms with Crippen molar-refractivity contribution in [3.05, 3.63) is 35.9 Å². The van der Waals surface area contributed by atoms with Crippen molar-refractivity contribution in [1.29, 1.82) is 0 Å². The fourth-order valence-corrected chi connectivity index (χ4v) is 1.46. The van der Waals surface area contributed by atoms with Gasteiger partial charge in [-0.15, -0.1) is 0 Å². The highest BCUT2D eigenvalue weighted by Gasteiger charge is 2.13. The van der Waals surface area contributed by atoms with Crippen molar-refractivity contribution < 1.29 is 24.5 Å². The topological polar surface area (TPSA) is 95.9 Å². The van der Waals surface area contributed by atoms with Gasteiger partial charge in [0.2, 0.25) is 0 Å². The molecule has 2 rings (SSSR count). The predicted octanol–water partition coefficient (Wildman–Crippen LogP) is 0.503. The van der Waals surface area contributed by atoms with Crippen molar-refractivity contribution in [3.63, 3.8) is 0 Å². The molecule has 1 aromatic rings. The zero-order valence-electron chi connectivity index (χ0n) is 9.70.